The third kappa shape index (κ3) is 3.99. The molecule has 0 aromatic heterocycles. The average Bonchev–Trinajstić information content (AvgIpc) is 3.06. The number of carbonyl (C=O) groups excluding carboxylic acids is 2. The van der Waals surface area contributed by atoms with Crippen molar-refractivity contribution in [2.75, 3.05) is 26.7 Å². The Bertz CT molecular complexity index is 756. The molecule has 0 saturated carbocycles. The number of amides is 2. The Balaban J connectivity index is 1.60. The third-order valence-electron chi connectivity index (χ3n) is 4.40. The number of hydrogen-bond acceptors (Lipinski definition) is 3. The van der Waals surface area contributed by atoms with Gasteiger partial charge in [0.05, 0.1) is 7.11 Å². The minimum absolute atomic E-state index is 0.127. The van der Waals surface area contributed by atoms with Crippen LogP contribution in [0.3, 0.4) is 0 Å². The van der Waals surface area contributed by atoms with E-state index in [0.29, 0.717) is 25.1 Å². The van der Waals surface area contributed by atoms with E-state index in [1.54, 1.807) is 24.1 Å². The van der Waals surface area contributed by atoms with Gasteiger partial charge in [0.25, 0.3) is 5.91 Å². The largest absolute Gasteiger partial charge is 0.496 e. The second-order valence-electron chi connectivity index (χ2n) is 6.02. The molecule has 1 aliphatic rings. The highest BCUT2D eigenvalue weighted by Crippen LogP contribution is 2.29. The number of para-hydroxylation sites is 1. The molecule has 2 amide bonds. The molecular weight excluding hydrogens is 316 g/mol. The first kappa shape index (κ1) is 17.0. The summed E-state index contributed by atoms with van der Waals surface area (Å²) in [7, 11) is 1.64. The molecule has 1 fully saturated rings. The van der Waals surface area contributed by atoms with Crippen LogP contribution < -0.4 is 10.1 Å². The molecule has 0 atom stereocenters. The Labute approximate surface area is 147 Å². The molecule has 1 saturated heterocycles. The van der Waals surface area contributed by atoms with Crippen molar-refractivity contribution < 1.29 is 14.3 Å². The van der Waals surface area contributed by atoms with Gasteiger partial charge in [-0.25, -0.2) is 0 Å². The minimum Gasteiger partial charge on any atom is -0.496 e. The van der Waals surface area contributed by atoms with Gasteiger partial charge in [0, 0.05) is 37.2 Å². The summed E-state index contributed by atoms with van der Waals surface area (Å²) in [6.45, 7) is 1.84. The summed E-state index contributed by atoms with van der Waals surface area (Å²) in [6.07, 6.45) is 1.54. The lowest BCUT2D eigenvalue weighted by Gasteiger charge is -2.15. The zero-order valence-electron chi connectivity index (χ0n) is 14.3. The van der Waals surface area contributed by atoms with Crippen molar-refractivity contribution in [3.05, 3.63) is 54.1 Å². The van der Waals surface area contributed by atoms with E-state index in [0.717, 1.165) is 29.8 Å². The molecule has 1 heterocycles. The lowest BCUT2D eigenvalue weighted by Crippen LogP contribution is -2.35. The molecule has 2 aromatic carbocycles. The van der Waals surface area contributed by atoms with E-state index in [-0.39, 0.29) is 11.8 Å². The lowest BCUT2D eigenvalue weighted by molar-refractivity contribution is -0.127. The Kier molecular flexibility index (Phi) is 5.33. The zero-order chi connectivity index (χ0) is 17.6. The Hall–Kier alpha value is -2.82. The fourth-order valence-electron chi connectivity index (χ4n) is 3.03. The van der Waals surface area contributed by atoms with Crippen LogP contribution in [0.25, 0.3) is 11.1 Å². The molecule has 0 radical (unpaired) electrons. The van der Waals surface area contributed by atoms with Crippen molar-refractivity contribution in [1.29, 1.82) is 0 Å². The summed E-state index contributed by atoms with van der Waals surface area (Å²) in [5, 5.41) is 2.87. The molecule has 130 valence electrons. The summed E-state index contributed by atoms with van der Waals surface area (Å²) in [5.41, 5.74) is 2.59. The van der Waals surface area contributed by atoms with Gasteiger partial charge < -0.3 is 15.0 Å². The van der Waals surface area contributed by atoms with Crippen molar-refractivity contribution in [3.63, 3.8) is 0 Å². The van der Waals surface area contributed by atoms with Gasteiger partial charge in [0.15, 0.2) is 0 Å². The van der Waals surface area contributed by atoms with Gasteiger partial charge in [-0.15, -0.1) is 0 Å². The summed E-state index contributed by atoms with van der Waals surface area (Å²) >= 11 is 0. The molecule has 0 aliphatic carbocycles. The molecule has 5 heteroatoms. The number of nitrogens with zero attached hydrogens (tertiary/aromatic N) is 1. The van der Waals surface area contributed by atoms with E-state index >= 15 is 0 Å². The summed E-state index contributed by atoms with van der Waals surface area (Å²) < 4.78 is 5.38. The maximum absolute atomic E-state index is 12.2. The fourth-order valence-corrected chi connectivity index (χ4v) is 3.03. The number of benzene rings is 2. The highest BCUT2D eigenvalue weighted by atomic mass is 16.5. The molecule has 2 aromatic rings. The number of likely N-dealkylation sites (tertiary alicyclic amines) is 1. The number of carbonyl (C=O) groups is 2. The van der Waals surface area contributed by atoms with Crippen molar-refractivity contribution in [3.8, 4) is 16.9 Å². The van der Waals surface area contributed by atoms with E-state index in [1.807, 2.05) is 36.4 Å². The average molecular weight is 338 g/mol. The fraction of sp³-hybridized carbons (Fsp3) is 0.300. The van der Waals surface area contributed by atoms with Crippen LogP contribution in [-0.2, 0) is 4.79 Å². The lowest BCUT2D eigenvalue weighted by atomic mass is 10.0. The van der Waals surface area contributed by atoms with Crippen molar-refractivity contribution >= 4 is 11.8 Å². The standard InChI is InChI=1S/C20H22N2O3/c1-25-18-6-3-2-5-17(18)15-8-10-16(11-9-15)20(24)21-12-14-22-13-4-7-19(22)23/h2-3,5-6,8-11H,4,7,12-14H2,1H3,(H,21,24). The molecule has 1 N–H and O–H groups in total. The quantitative estimate of drug-likeness (QED) is 0.881. The Morgan fingerprint density at radius 1 is 1.16 bits per heavy atom. The number of methoxy groups -OCH3 is 1. The summed E-state index contributed by atoms with van der Waals surface area (Å²) in [4.78, 5) is 25.6. The first-order valence-corrected chi connectivity index (χ1v) is 8.48. The smallest absolute Gasteiger partial charge is 0.251 e. The zero-order valence-corrected chi connectivity index (χ0v) is 14.3. The van der Waals surface area contributed by atoms with Crippen LogP contribution in [0.4, 0.5) is 0 Å². The predicted molar refractivity (Wildman–Crippen MR) is 96.6 cm³/mol. The summed E-state index contributed by atoms with van der Waals surface area (Å²) in [5.74, 6) is 0.851. The molecule has 0 spiro atoms. The van der Waals surface area contributed by atoms with Gasteiger partial charge in [-0.2, -0.15) is 0 Å². The van der Waals surface area contributed by atoms with Gasteiger partial charge in [0.2, 0.25) is 5.91 Å². The maximum Gasteiger partial charge on any atom is 0.251 e. The van der Waals surface area contributed by atoms with Crippen LogP contribution in [0.2, 0.25) is 0 Å². The van der Waals surface area contributed by atoms with E-state index in [1.165, 1.54) is 0 Å². The maximum atomic E-state index is 12.2. The number of hydrogen-bond donors (Lipinski definition) is 1. The van der Waals surface area contributed by atoms with Crippen molar-refractivity contribution in [1.82, 2.24) is 10.2 Å². The number of ether oxygens (including phenoxy) is 1. The van der Waals surface area contributed by atoms with Gasteiger partial charge in [-0.05, 0) is 30.2 Å². The second-order valence-corrected chi connectivity index (χ2v) is 6.02. The van der Waals surface area contributed by atoms with Gasteiger partial charge in [0.1, 0.15) is 5.75 Å². The van der Waals surface area contributed by atoms with Crippen molar-refractivity contribution in [2.45, 2.75) is 12.8 Å². The van der Waals surface area contributed by atoms with Crippen molar-refractivity contribution in [2.24, 2.45) is 0 Å². The van der Waals surface area contributed by atoms with Crippen LogP contribution in [0.15, 0.2) is 48.5 Å². The minimum atomic E-state index is -0.127. The monoisotopic (exact) mass is 338 g/mol. The summed E-state index contributed by atoms with van der Waals surface area (Å²) in [6, 6.07) is 15.2. The van der Waals surface area contributed by atoms with Gasteiger partial charge >= 0.3 is 0 Å². The molecule has 0 bridgehead atoms. The topological polar surface area (TPSA) is 58.6 Å². The van der Waals surface area contributed by atoms with E-state index < -0.39 is 0 Å². The van der Waals surface area contributed by atoms with E-state index in [9.17, 15) is 9.59 Å². The SMILES string of the molecule is COc1ccccc1-c1ccc(C(=O)NCCN2CCCC2=O)cc1. The van der Waals surface area contributed by atoms with Crippen LogP contribution in [0.1, 0.15) is 23.2 Å². The van der Waals surface area contributed by atoms with Crippen LogP contribution in [-0.4, -0.2) is 43.5 Å². The van der Waals surface area contributed by atoms with Gasteiger partial charge in [-0.3, -0.25) is 9.59 Å². The Morgan fingerprint density at radius 2 is 1.92 bits per heavy atom. The van der Waals surface area contributed by atoms with Crippen LogP contribution in [0, 0.1) is 0 Å². The molecule has 1 aliphatic heterocycles. The number of rotatable bonds is 6. The second kappa shape index (κ2) is 7.83. The third-order valence-corrected chi connectivity index (χ3v) is 4.40. The molecular formula is C20H22N2O3. The van der Waals surface area contributed by atoms with Crippen LogP contribution >= 0.6 is 0 Å². The highest BCUT2D eigenvalue weighted by Gasteiger charge is 2.19. The molecule has 3 rings (SSSR count). The first-order valence-electron chi connectivity index (χ1n) is 8.48. The number of nitrogens with one attached hydrogen (secondary N) is 1. The molecule has 5 nitrogen and oxygen atoms in total. The highest BCUT2D eigenvalue weighted by molar-refractivity contribution is 5.94. The molecule has 0 unspecified atom stereocenters. The van der Waals surface area contributed by atoms with Gasteiger partial charge in [-0.1, -0.05) is 30.3 Å². The normalized spacial score (nSPS) is 13.8. The Morgan fingerprint density at radius 3 is 2.60 bits per heavy atom. The van der Waals surface area contributed by atoms with E-state index in [2.05, 4.69) is 5.32 Å². The van der Waals surface area contributed by atoms with E-state index in [4.69, 9.17) is 4.74 Å². The molecule has 25 heavy (non-hydrogen) atoms. The predicted octanol–water partition coefficient (Wildman–Crippen LogP) is 2.71. The first-order chi connectivity index (χ1) is 12.2. The van der Waals surface area contributed by atoms with Crippen LogP contribution in [0.5, 0.6) is 5.75 Å².